The van der Waals surface area contributed by atoms with E-state index in [1.165, 1.54) is 11.3 Å². The second kappa shape index (κ2) is 13.9. The highest BCUT2D eigenvalue weighted by Gasteiger charge is 2.38. The Morgan fingerprint density at radius 2 is 1.50 bits per heavy atom. The normalized spacial score (nSPS) is 15.6. The molecule has 2 atom stereocenters. The summed E-state index contributed by atoms with van der Waals surface area (Å²) in [5, 5.41) is 15.4. The average Bonchev–Trinajstić information content (AvgIpc) is 3.50. The lowest BCUT2D eigenvalue weighted by Crippen LogP contribution is -2.62. The van der Waals surface area contributed by atoms with E-state index in [1.807, 2.05) is 54.6 Å². The van der Waals surface area contributed by atoms with E-state index in [0.29, 0.717) is 11.7 Å². The zero-order chi connectivity index (χ0) is 32.7. The minimum Gasteiger partial charge on any atom is -0.460 e. The highest BCUT2D eigenvalue weighted by molar-refractivity contribution is 7.14. The summed E-state index contributed by atoms with van der Waals surface area (Å²) in [4.78, 5) is 48.1. The number of hydrogen-bond acceptors (Lipinski definition) is 9. The third kappa shape index (κ3) is 7.60. The van der Waals surface area contributed by atoms with Crippen LogP contribution in [0, 0.1) is 0 Å². The van der Waals surface area contributed by atoms with Crippen molar-refractivity contribution in [2.75, 3.05) is 11.9 Å². The van der Waals surface area contributed by atoms with Gasteiger partial charge in [0.25, 0.3) is 5.91 Å². The number of nitrogens with one attached hydrogen (secondary N) is 3. The van der Waals surface area contributed by atoms with Gasteiger partial charge in [0.2, 0.25) is 5.91 Å². The average molecular weight is 640 g/mol. The third-order valence-electron chi connectivity index (χ3n) is 7.18. The van der Waals surface area contributed by atoms with Gasteiger partial charge in [0.05, 0.1) is 6.42 Å². The van der Waals surface area contributed by atoms with Gasteiger partial charge in [0.15, 0.2) is 10.8 Å². The molecule has 1 fully saturated rings. The maximum Gasteiger partial charge on any atom is 0.310 e. The van der Waals surface area contributed by atoms with E-state index in [-0.39, 0.29) is 23.7 Å². The van der Waals surface area contributed by atoms with E-state index < -0.39 is 35.2 Å². The number of amides is 2. The van der Waals surface area contributed by atoms with Gasteiger partial charge in [-0.2, -0.15) is 0 Å². The number of hydrogen-bond donors (Lipinski definition) is 3. The van der Waals surface area contributed by atoms with E-state index in [0.717, 1.165) is 16.7 Å². The Kier molecular flexibility index (Phi) is 9.81. The Bertz CT molecular complexity index is 1590. The molecule has 1 aromatic heterocycles. The summed E-state index contributed by atoms with van der Waals surface area (Å²) in [6, 6.07) is 29.5. The van der Waals surface area contributed by atoms with Crippen molar-refractivity contribution in [2.24, 2.45) is 5.16 Å². The van der Waals surface area contributed by atoms with Crippen molar-refractivity contribution in [3.8, 4) is 0 Å². The Balaban J connectivity index is 1.49. The first kappa shape index (κ1) is 32.4. The van der Waals surface area contributed by atoms with Crippen LogP contribution in [0.2, 0.25) is 0 Å². The molecular weight excluding hydrogens is 602 g/mol. The number of oxime groups is 1. The van der Waals surface area contributed by atoms with Crippen molar-refractivity contribution < 1.29 is 24.0 Å². The first-order valence-corrected chi connectivity index (χ1v) is 15.9. The zero-order valence-corrected chi connectivity index (χ0v) is 27.0. The van der Waals surface area contributed by atoms with Crippen LogP contribution in [-0.4, -0.2) is 52.8 Å². The van der Waals surface area contributed by atoms with Crippen LogP contribution >= 0.6 is 11.3 Å². The van der Waals surface area contributed by atoms with Crippen LogP contribution in [0.3, 0.4) is 0 Å². The molecule has 0 spiro atoms. The van der Waals surface area contributed by atoms with Crippen LogP contribution in [0.25, 0.3) is 0 Å². The highest BCUT2D eigenvalue weighted by atomic mass is 32.1. The number of carbonyl (C=O) groups excluding carboxylic acids is 3. The molecule has 0 saturated carbocycles. The summed E-state index contributed by atoms with van der Waals surface area (Å²) in [5.41, 5.74) is 1.62. The van der Waals surface area contributed by atoms with Gasteiger partial charge in [-0.3, -0.25) is 14.4 Å². The molecule has 10 nitrogen and oxygen atoms in total. The molecule has 0 bridgehead atoms. The summed E-state index contributed by atoms with van der Waals surface area (Å²) in [6.07, 6.45) is -0.763. The molecule has 1 saturated heterocycles. The summed E-state index contributed by atoms with van der Waals surface area (Å²) in [7, 11) is 0. The number of nitrogens with zero attached hydrogens (tertiary/aromatic N) is 2. The van der Waals surface area contributed by atoms with Crippen LogP contribution in [0.1, 0.15) is 56.5 Å². The first-order chi connectivity index (χ1) is 22.0. The van der Waals surface area contributed by atoms with Crippen molar-refractivity contribution in [3.05, 3.63) is 119 Å². The second-order valence-corrected chi connectivity index (χ2v) is 12.8. The molecular formula is C35H37N5O5S. The van der Waals surface area contributed by atoms with E-state index in [2.05, 4.69) is 57.5 Å². The smallest absolute Gasteiger partial charge is 0.310 e. The Morgan fingerprint density at radius 1 is 0.957 bits per heavy atom. The SMILES string of the molecule is CC(CC(=O)OC(C)(C)C)O/N=C(/C(=O)NC1CNC1=O)c1csc(NC(c2ccccc2)(c2ccccc2)c2ccccc2)n1. The lowest BCUT2D eigenvalue weighted by atomic mass is 9.77. The van der Waals surface area contributed by atoms with Gasteiger partial charge in [0, 0.05) is 11.9 Å². The topological polar surface area (TPSA) is 131 Å². The lowest BCUT2D eigenvalue weighted by Gasteiger charge is -2.36. The van der Waals surface area contributed by atoms with Gasteiger partial charge in [0.1, 0.15) is 29.0 Å². The number of carbonyl (C=O) groups is 3. The zero-order valence-electron chi connectivity index (χ0n) is 26.2. The minimum atomic E-state index is -0.832. The molecule has 46 heavy (non-hydrogen) atoms. The maximum atomic E-state index is 13.4. The number of rotatable bonds is 12. The van der Waals surface area contributed by atoms with E-state index >= 15 is 0 Å². The van der Waals surface area contributed by atoms with Gasteiger partial charge in [-0.1, -0.05) is 96.2 Å². The molecule has 5 rings (SSSR count). The Morgan fingerprint density at radius 3 is 1.96 bits per heavy atom. The number of β-lactam (4-membered cyclic amide) rings is 1. The summed E-state index contributed by atoms with van der Waals surface area (Å²) >= 11 is 1.30. The van der Waals surface area contributed by atoms with Crippen LogP contribution in [0.4, 0.5) is 5.13 Å². The van der Waals surface area contributed by atoms with E-state index in [4.69, 9.17) is 14.6 Å². The van der Waals surface area contributed by atoms with Crippen LogP contribution in [0.5, 0.6) is 0 Å². The first-order valence-electron chi connectivity index (χ1n) is 15.0. The molecule has 1 aliphatic heterocycles. The lowest BCUT2D eigenvalue weighted by molar-refractivity contribution is -0.157. The second-order valence-electron chi connectivity index (χ2n) is 11.9. The molecule has 4 aromatic rings. The van der Waals surface area contributed by atoms with Crippen molar-refractivity contribution >= 4 is 40.0 Å². The molecule has 2 unspecified atom stereocenters. The number of anilines is 1. The van der Waals surface area contributed by atoms with Crippen molar-refractivity contribution in [1.29, 1.82) is 0 Å². The Labute approximate surface area is 272 Å². The predicted octanol–water partition coefficient (Wildman–Crippen LogP) is 5.00. The van der Waals surface area contributed by atoms with Crippen molar-refractivity contribution in [2.45, 2.75) is 57.4 Å². The highest BCUT2D eigenvalue weighted by Crippen LogP contribution is 2.40. The van der Waals surface area contributed by atoms with E-state index in [1.54, 1.807) is 33.1 Å². The number of ether oxygens (including phenoxy) is 1. The number of esters is 1. The summed E-state index contributed by atoms with van der Waals surface area (Å²) < 4.78 is 5.38. The number of thiazole rings is 1. The largest absolute Gasteiger partial charge is 0.460 e. The molecule has 238 valence electrons. The maximum absolute atomic E-state index is 13.4. The third-order valence-corrected chi connectivity index (χ3v) is 7.93. The number of benzene rings is 3. The molecule has 3 N–H and O–H groups in total. The molecule has 2 heterocycles. The summed E-state index contributed by atoms with van der Waals surface area (Å²) in [5.74, 6) is -1.36. The molecule has 1 aliphatic rings. The fourth-order valence-electron chi connectivity index (χ4n) is 5.01. The van der Waals surface area contributed by atoms with Crippen LogP contribution in [0.15, 0.2) is 102 Å². The van der Waals surface area contributed by atoms with Gasteiger partial charge in [-0.15, -0.1) is 11.3 Å². The summed E-state index contributed by atoms with van der Waals surface area (Å²) in [6.45, 7) is 7.31. The van der Waals surface area contributed by atoms with Crippen LogP contribution in [-0.2, 0) is 29.5 Å². The number of aromatic nitrogens is 1. The van der Waals surface area contributed by atoms with Crippen LogP contribution < -0.4 is 16.0 Å². The fraction of sp³-hybridized carbons (Fsp3) is 0.286. The van der Waals surface area contributed by atoms with Gasteiger partial charge in [-0.25, -0.2) is 4.98 Å². The van der Waals surface area contributed by atoms with Crippen molar-refractivity contribution in [3.63, 3.8) is 0 Å². The van der Waals surface area contributed by atoms with Gasteiger partial charge >= 0.3 is 5.97 Å². The van der Waals surface area contributed by atoms with Gasteiger partial charge in [-0.05, 0) is 44.4 Å². The quantitative estimate of drug-likeness (QED) is 0.0654. The van der Waals surface area contributed by atoms with Crippen molar-refractivity contribution in [1.82, 2.24) is 15.6 Å². The van der Waals surface area contributed by atoms with E-state index in [9.17, 15) is 14.4 Å². The van der Waals surface area contributed by atoms with Gasteiger partial charge < -0.3 is 25.5 Å². The molecule has 11 heteroatoms. The molecule has 0 aliphatic carbocycles. The molecule has 0 radical (unpaired) electrons. The molecule has 2 amide bonds. The minimum absolute atomic E-state index is 0.0711. The standard InChI is InChI=1S/C35H37N5O5S/c1-23(20-29(41)44-34(2,3)4)45-40-30(32(43)37-27-21-36-31(27)42)28-22-46-33(38-28)39-35(24-14-8-5-9-15-24,25-16-10-6-11-17-25)26-18-12-7-13-19-26/h5-19,22-23,27H,20-21H2,1-4H3,(H,36,42)(H,37,43)(H,38,39)/b40-30+. The monoisotopic (exact) mass is 639 g/mol. The fourth-order valence-corrected chi connectivity index (χ4v) is 5.76. The molecule has 3 aromatic carbocycles. The Hall–Kier alpha value is -5.03. The predicted molar refractivity (Wildman–Crippen MR) is 177 cm³/mol.